The van der Waals surface area contributed by atoms with Crippen LogP contribution in [0.15, 0.2) is 30.3 Å². The number of nitrogens with one attached hydrogen (secondary N) is 1. The van der Waals surface area contributed by atoms with E-state index in [0.717, 1.165) is 5.56 Å². The summed E-state index contributed by atoms with van der Waals surface area (Å²) in [6.45, 7) is 1.61. The van der Waals surface area contributed by atoms with Crippen molar-refractivity contribution in [3.63, 3.8) is 0 Å². The number of carboxylic acid groups (broad SMARTS) is 1. The summed E-state index contributed by atoms with van der Waals surface area (Å²) in [5.41, 5.74) is 1.01. The van der Waals surface area contributed by atoms with Crippen molar-refractivity contribution in [1.29, 1.82) is 0 Å². The molecule has 0 unspecified atom stereocenters. The fraction of sp³-hybridized carbons (Fsp3) is 0.364. The lowest BCUT2D eigenvalue weighted by Gasteiger charge is -2.18. The van der Waals surface area contributed by atoms with Crippen LogP contribution in [0.1, 0.15) is 5.56 Å². The third-order valence-electron chi connectivity index (χ3n) is 2.12. The van der Waals surface area contributed by atoms with Gasteiger partial charge in [0, 0.05) is 19.6 Å². The summed E-state index contributed by atoms with van der Waals surface area (Å²) in [5.74, 6) is 0. The molecular weight excluding hydrogens is 228 g/mol. The Labute approximate surface area is 102 Å². The highest BCUT2D eigenvalue weighted by molar-refractivity contribution is 5.85. The van der Waals surface area contributed by atoms with Gasteiger partial charge in [-0.05, 0) is 12.6 Å². The van der Waals surface area contributed by atoms with E-state index in [9.17, 15) is 4.79 Å². The predicted molar refractivity (Wildman–Crippen MR) is 66.1 cm³/mol. The van der Waals surface area contributed by atoms with E-state index in [2.05, 4.69) is 5.32 Å². The number of nitrogens with zero attached hydrogens (tertiary/aromatic N) is 1. The van der Waals surface area contributed by atoms with Crippen molar-refractivity contribution in [1.82, 2.24) is 10.2 Å². The normalized spacial score (nSPS) is 9.31. The van der Waals surface area contributed by atoms with Gasteiger partial charge >= 0.3 is 6.09 Å². The van der Waals surface area contributed by atoms with E-state index in [-0.39, 0.29) is 12.4 Å². The van der Waals surface area contributed by atoms with Gasteiger partial charge in [0.2, 0.25) is 0 Å². The van der Waals surface area contributed by atoms with Crippen LogP contribution in [0.2, 0.25) is 0 Å². The third kappa shape index (κ3) is 5.00. The van der Waals surface area contributed by atoms with E-state index in [1.165, 1.54) is 4.90 Å². The highest BCUT2D eigenvalue weighted by Gasteiger charge is 2.10. The minimum Gasteiger partial charge on any atom is -0.465 e. The standard InChI is InChI=1S/C11H16N2O2.ClH/c1-12-7-8-13(11(14)15)9-10-5-3-2-4-6-10;/h2-6,12H,7-9H2,1H3,(H,14,15);1H. The maximum atomic E-state index is 10.9. The van der Waals surface area contributed by atoms with E-state index >= 15 is 0 Å². The topological polar surface area (TPSA) is 52.6 Å². The Balaban J connectivity index is 0.00000225. The quantitative estimate of drug-likeness (QED) is 0.831. The Morgan fingerprint density at radius 2 is 2.00 bits per heavy atom. The molecule has 0 heterocycles. The van der Waals surface area contributed by atoms with Crippen molar-refractivity contribution in [2.45, 2.75) is 6.54 Å². The molecule has 0 spiro atoms. The lowest BCUT2D eigenvalue weighted by Crippen LogP contribution is -2.34. The van der Waals surface area contributed by atoms with E-state index < -0.39 is 6.09 Å². The van der Waals surface area contributed by atoms with E-state index in [1.807, 2.05) is 37.4 Å². The fourth-order valence-corrected chi connectivity index (χ4v) is 1.29. The zero-order valence-corrected chi connectivity index (χ0v) is 10.0. The summed E-state index contributed by atoms with van der Waals surface area (Å²) in [7, 11) is 1.81. The van der Waals surface area contributed by atoms with Gasteiger partial charge in [0.25, 0.3) is 0 Å². The number of hydrogen-bond donors (Lipinski definition) is 2. The molecule has 2 N–H and O–H groups in total. The number of benzene rings is 1. The first kappa shape index (κ1) is 14.7. The summed E-state index contributed by atoms with van der Waals surface area (Å²) < 4.78 is 0. The molecule has 1 aromatic rings. The molecule has 0 bridgehead atoms. The van der Waals surface area contributed by atoms with Gasteiger partial charge in [0.15, 0.2) is 0 Å². The molecule has 0 aliphatic heterocycles. The Hall–Kier alpha value is -1.26. The van der Waals surface area contributed by atoms with Gasteiger partial charge in [0.1, 0.15) is 0 Å². The maximum Gasteiger partial charge on any atom is 0.407 e. The highest BCUT2D eigenvalue weighted by atomic mass is 35.5. The minimum absolute atomic E-state index is 0. The van der Waals surface area contributed by atoms with Crippen LogP contribution >= 0.6 is 12.4 Å². The SMILES string of the molecule is CNCCN(Cc1ccccc1)C(=O)O.Cl. The van der Waals surface area contributed by atoms with Crippen molar-refractivity contribution in [3.05, 3.63) is 35.9 Å². The second-order valence-corrected chi connectivity index (χ2v) is 3.29. The molecule has 0 aromatic heterocycles. The van der Waals surface area contributed by atoms with E-state index in [4.69, 9.17) is 5.11 Å². The van der Waals surface area contributed by atoms with Crippen LogP contribution in [0.4, 0.5) is 4.79 Å². The number of halogens is 1. The zero-order valence-electron chi connectivity index (χ0n) is 9.22. The second kappa shape index (κ2) is 7.96. The molecule has 0 saturated carbocycles. The summed E-state index contributed by atoms with van der Waals surface area (Å²) in [6.07, 6.45) is -0.880. The summed E-state index contributed by atoms with van der Waals surface area (Å²) >= 11 is 0. The van der Waals surface area contributed by atoms with Crippen LogP contribution in [0.3, 0.4) is 0 Å². The Morgan fingerprint density at radius 1 is 1.38 bits per heavy atom. The largest absolute Gasteiger partial charge is 0.465 e. The van der Waals surface area contributed by atoms with Crippen molar-refractivity contribution >= 4 is 18.5 Å². The molecule has 1 rings (SSSR count). The smallest absolute Gasteiger partial charge is 0.407 e. The Morgan fingerprint density at radius 3 is 2.50 bits per heavy atom. The number of likely N-dealkylation sites (N-methyl/N-ethyl adjacent to an activating group) is 1. The Bertz CT molecular complexity index is 306. The second-order valence-electron chi connectivity index (χ2n) is 3.29. The lowest BCUT2D eigenvalue weighted by atomic mass is 10.2. The van der Waals surface area contributed by atoms with Gasteiger partial charge in [-0.2, -0.15) is 0 Å². The van der Waals surface area contributed by atoms with Crippen LogP contribution in [0.25, 0.3) is 0 Å². The van der Waals surface area contributed by atoms with Crippen LogP contribution in [-0.2, 0) is 6.54 Å². The molecule has 0 radical (unpaired) electrons. The van der Waals surface area contributed by atoms with Crippen LogP contribution in [0.5, 0.6) is 0 Å². The van der Waals surface area contributed by atoms with Gasteiger partial charge in [-0.1, -0.05) is 30.3 Å². The van der Waals surface area contributed by atoms with Gasteiger partial charge in [-0.25, -0.2) is 4.79 Å². The number of hydrogen-bond acceptors (Lipinski definition) is 2. The number of rotatable bonds is 5. The van der Waals surface area contributed by atoms with Crippen molar-refractivity contribution in [2.24, 2.45) is 0 Å². The monoisotopic (exact) mass is 244 g/mol. The molecule has 0 fully saturated rings. The van der Waals surface area contributed by atoms with Crippen LogP contribution in [-0.4, -0.2) is 36.2 Å². The van der Waals surface area contributed by atoms with Gasteiger partial charge in [0.05, 0.1) is 0 Å². The zero-order chi connectivity index (χ0) is 11.1. The molecule has 0 aliphatic carbocycles. The third-order valence-corrected chi connectivity index (χ3v) is 2.12. The molecule has 16 heavy (non-hydrogen) atoms. The molecule has 5 heteroatoms. The minimum atomic E-state index is -0.880. The van der Waals surface area contributed by atoms with Crippen molar-refractivity contribution in [3.8, 4) is 0 Å². The predicted octanol–water partition coefficient (Wildman–Crippen LogP) is 1.81. The average molecular weight is 245 g/mol. The molecule has 0 saturated heterocycles. The number of carbonyl (C=O) groups is 1. The summed E-state index contributed by atoms with van der Waals surface area (Å²) in [6, 6.07) is 9.59. The first-order chi connectivity index (χ1) is 7.24. The molecule has 1 aromatic carbocycles. The fourth-order valence-electron chi connectivity index (χ4n) is 1.29. The molecule has 0 aliphatic rings. The molecular formula is C11H17ClN2O2. The molecule has 0 atom stereocenters. The summed E-state index contributed by atoms with van der Waals surface area (Å²) in [5, 5.41) is 11.9. The van der Waals surface area contributed by atoms with Crippen LogP contribution < -0.4 is 5.32 Å². The van der Waals surface area contributed by atoms with E-state index in [0.29, 0.717) is 19.6 Å². The molecule has 90 valence electrons. The van der Waals surface area contributed by atoms with Gasteiger partial charge in [-0.3, -0.25) is 0 Å². The maximum absolute atomic E-state index is 10.9. The van der Waals surface area contributed by atoms with Gasteiger partial charge < -0.3 is 15.3 Å². The Kier molecular flexibility index (Phi) is 7.33. The average Bonchev–Trinajstić information content (AvgIpc) is 2.25. The van der Waals surface area contributed by atoms with Crippen molar-refractivity contribution in [2.75, 3.05) is 20.1 Å². The molecule has 1 amide bonds. The summed E-state index contributed by atoms with van der Waals surface area (Å²) in [4.78, 5) is 12.3. The molecule has 4 nitrogen and oxygen atoms in total. The lowest BCUT2D eigenvalue weighted by molar-refractivity contribution is 0.143. The highest BCUT2D eigenvalue weighted by Crippen LogP contribution is 2.03. The first-order valence-corrected chi connectivity index (χ1v) is 4.90. The first-order valence-electron chi connectivity index (χ1n) is 4.90. The van der Waals surface area contributed by atoms with Crippen molar-refractivity contribution < 1.29 is 9.90 Å². The van der Waals surface area contributed by atoms with Crippen LogP contribution in [0, 0.1) is 0 Å². The van der Waals surface area contributed by atoms with Gasteiger partial charge in [-0.15, -0.1) is 12.4 Å². The number of amides is 1. The van der Waals surface area contributed by atoms with E-state index in [1.54, 1.807) is 0 Å².